The number of nitrogens with one attached hydrogen (secondary N) is 1. The number of para-hydroxylation sites is 1. The Hall–Kier alpha value is -6.24. The molecule has 0 saturated carbocycles. The summed E-state index contributed by atoms with van der Waals surface area (Å²) in [6.45, 7) is 11.3. The van der Waals surface area contributed by atoms with Gasteiger partial charge in [-0.1, -0.05) is 24.3 Å². The number of benzene rings is 3. The lowest BCUT2D eigenvalue weighted by Crippen LogP contribution is -2.33. The third-order valence-corrected chi connectivity index (χ3v) is 14.5. The van der Waals surface area contributed by atoms with Crippen LogP contribution in [0.2, 0.25) is 0 Å². The fourth-order valence-electron chi connectivity index (χ4n) is 8.76. The van der Waals surface area contributed by atoms with Crippen molar-refractivity contribution in [2.24, 2.45) is 0 Å². The minimum absolute atomic E-state index is 0.177. The van der Waals surface area contributed by atoms with E-state index in [-0.39, 0.29) is 37.5 Å². The van der Waals surface area contributed by atoms with Crippen molar-refractivity contribution in [1.29, 1.82) is 0 Å². The number of nitrogens with zero attached hydrogens (tertiary/aromatic N) is 5. The second kappa shape index (κ2) is 18.1. The molecule has 3 aliphatic rings. The molecule has 0 spiro atoms. The number of anilines is 3. The zero-order valence-electron chi connectivity index (χ0n) is 38.6. The van der Waals surface area contributed by atoms with Crippen molar-refractivity contribution in [3.63, 3.8) is 0 Å². The molecular formula is C49H52N6O9S3. The molecule has 0 aliphatic carbocycles. The highest BCUT2D eigenvalue weighted by molar-refractivity contribution is 7.14. The number of hydrogen-bond donors (Lipinski definition) is 1. The average molecular weight is 965 g/mol. The van der Waals surface area contributed by atoms with Crippen molar-refractivity contribution in [2.75, 3.05) is 49.0 Å². The summed E-state index contributed by atoms with van der Waals surface area (Å²) in [6, 6.07) is 13.9. The van der Waals surface area contributed by atoms with Gasteiger partial charge in [0.15, 0.2) is 69.7 Å². The minimum atomic E-state index is -0.722. The number of rotatable bonds is 16. The van der Waals surface area contributed by atoms with E-state index >= 15 is 0 Å². The molecule has 67 heavy (non-hydrogen) atoms. The van der Waals surface area contributed by atoms with Gasteiger partial charge in [-0.15, -0.1) is 34.0 Å². The van der Waals surface area contributed by atoms with Crippen LogP contribution in [-0.2, 0) is 46.5 Å². The summed E-state index contributed by atoms with van der Waals surface area (Å²) in [6.07, 6.45) is 4.46. The zero-order valence-corrected chi connectivity index (χ0v) is 41.1. The normalized spacial score (nSPS) is 18.4. The highest BCUT2D eigenvalue weighted by Gasteiger charge is 2.42. The summed E-state index contributed by atoms with van der Waals surface area (Å²) in [5.74, 6) is 2.43. The Morgan fingerprint density at radius 1 is 0.672 bits per heavy atom. The maximum Gasteiger partial charge on any atom is 0.266 e. The van der Waals surface area contributed by atoms with Crippen molar-refractivity contribution in [2.45, 2.75) is 90.4 Å². The molecule has 9 rings (SSSR count). The first-order chi connectivity index (χ1) is 31.9. The smallest absolute Gasteiger partial charge is 0.266 e. The van der Waals surface area contributed by atoms with Gasteiger partial charge in [-0.25, -0.2) is 15.0 Å². The lowest BCUT2D eigenvalue weighted by molar-refractivity contribution is -0.121. The van der Waals surface area contributed by atoms with E-state index in [4.69, 9.17) is 28.4 Å². The predicted molar refractivity (Wildman–Crippen MR) is 258 cm³/mol. The molecule has 3 aromatic heterocycles. The molecule has 0 bridgehead atoms. The Bertz CT molecular complexity index is 2860. The van der Waals surface area contributed by atoms with Gasteiger partial charge in [-0.3, -0.25) is 29.5 Å². The molecule has 6 aromatic rings. The van der Waals surface area contributed by atoms with Crippen LogP contribution in [0.25, 0.3) is 0 Å². The highest BCUT2D eigenvalue weighted by Crippen LogP contribution is 2.49. The van der Waals surface area contributed by atoms with Gasteiger partial charge in [0.1, 0.15) is 16.8 Å². The zero-order chi connectivity index (χ0) is 47.3. The second-order valence-corrected chi connectivity index (χ2v) is 21.0. The fourth-order valence-corrected chi connectivity index (χ4v) is 10.9. The van der Waals surface area contributed by atoms with Crippen LogP contribution >= 0.6 is 34.0 Å². The van der Waals surface area contributed by atoms with Crippen LogP contribution in [0.3, 0.4) is 0 Å². The number of likely N-dealkylation sites (N-methyl/N-ethyl adjacent to an activating group) is 2. The molecule has 0 saturated heterocycles. The number of amides is 3. The SMILES string of the molecule is Cc1csc(NC(=O)COc2cc(CC3(C)Cc4cccc(OCC(=O)N(C)c5nccs5)c4O3)cc3c2OC(C)(Cc2cc4c(c(OCC(=O)N(C)c5nc(C)cs5)c2)OC(C)(C)C4)C3)n1. The van der Waals surface area contributed by atoms with Gasteiger partial charge in [0.2, 0.25) is 0 Å². The van der Waals surface area contributed by atoms with Gasteiger partial charge < -0.3 is 28.4 Å². The monoisotopic (exact) mass is 964 g/mol. The van der Waals surface area contributed by atoms with Gasteiger partial charge in [-0.05, 0) is 70.9 Å². The molecule has 0 radical (unpaired) electrons. The van der Waals surface area contributed by atoms with E-state index in [1.807, 2.05) is 74.2 Å². The van der Waals surface area contributed by atoms with Gasteiger partial charge in [0, 0.05) is 85.2 Å². The first kappa shape index (κ1) is 45.9. The van der Waals surface area contributed by atoms with E-state index < -0.39 is 16.8 Å². The fraction of sp³-hybridized carbons (Fsp3) is 0.388. The molecular weight excluding hydrogens is 913 g/mol. The molecule has 6 heterocycles. The van der Waals surface area contributed by atoms with Crippen LogP contribution in [0.4, 0.5) is 15.4 Å². The van der Waals surface area contributed by atoms with Crippen molar-refractivity contribution in [1.82, 2.24) is 15.0 Å². The van der Waals surface area contributed by atoms with Crippen molar-refractivity contribution < 1.29 is 42.8 Å². The van der Waals surface area contributed by atoms with Gasteiger partial charge >= 0.3 is 0 Å². The second-order valence-electron chi connectivity index (χ2n) is 18.5. The topological polar surface area (TPSA) is 164 Å². The number of aromatic nitrogens is 3. The van der Waals surface area contributed by atoms with Crippen LogP contribution in [0.5, 0.6) is 34.5 Å². The Kier molecular flexibility index (Phi) is 12.4. The molecule has 2 atom stereocenters. The van der Waals surface area contributed by atoms with E-state index in [2.05, 4.69) is 46.2 Å². The lowest BCUT2D eigenvalue weighted by Gasteiger charge is -2.26. The molecule has 2 unspecified atom stereocenters. The molecule has 15 nitrogen and oxygen atoms in total. The van der Waals surface area contributed by atoms with Crippen LogP contribution < -0.4 is 43.5 Å². The van der Waals surface area contributed by atoms with E-state index in [0.29, 0.717) is 82.0 Å². The number of carbonyl (C=O) groups is 3. The maximum atomic E-state index is 13.3. The number of ether oxygens (including phenoxy) is 6. The van der Waals surface area contributed by atoms with E-state index in [1.54, 1.807) is 20.3 Å². The molecule has 3 aliphatic heterocycles. The Morgan fingerprint density at radius 3 is 1.85 bits per heavy atom. The van der Waals surface area contributed by atoms with Crippen molar-refractivity contribution >= 4 is 67.1 Å². The minimum Gasteiger partial charge on any atom is -0.483 e. The first-order valence-corrected chi connectivity index (χ1v) is 24.5. The van der Waals surface area contributed by atoms with E-state index in [1.165, 1.54) is 43.8 Å². The van der Waals surface area contributed by atoms with Gasteiger partial charge in [0.25, 0.3) is 17.7 Å². The lowest BCUT2D eigenvalue weighted by atomic mass is 9.88. The standard InChI is InChI=1S/C49H52N6O9S3/c1-28-26-66-44(51-28)53-38(56)23-59-37-17-31(18-48(5)21-32-10-9-11-35(41(32)63-48)60-24-39(57)54(7)45-50-12-13-65-45)15-34-22-49(6,64-43(34)37)19-30-14-33-20-47(3,4)62-42(33)36(16-30)61-25-40(58)55(8)46-52-29(2)27-67-46/h9-17,26-27H,18-25H2,1-8H3,(H,51,53,56). The molecule has 1 N–H and O–H groups in total. The summed E-state index contributed by atoms with van der Waals surface area (Å²) in [5.41, 5.74) is 4.61. The van der Waals surface area contributed by atoms with Crippen LogP contribution in [-0.4, -0.2) is 83.4 Å². The number of fused-ring (bicyclic) bond motifs is 3. The third kappa shape index (κ3) is 10.2. The molecule has 0 fully saturated rings. The summed E-state index contributed by atoms with van der Waals surface area (Å²) < 4.78 is 38.6. The summed E-state index contributed by atoms with van der Waals surface area (Å²) in [5, 5.41) is 10.1. The van der Waals surface area contributed by atoms with E-state index in [9.17, 15) is 14.4 Å². The molecule has 3 aromatic carbocycles. The summed E-state index contributed by atoms with van der Waals surface area (Å²) >= 11 is 4.13. The van der Waals surface area contributed by atoms with E-state index in [0.717, 1.165) is 39.2 Å². The van der Waals surface area contributed by atoms with Crippen molar-refractivity contribution in [3.8, 4) is 34.5 Å². The number of hydrogen-bond acceptors (Lipinski definition) is 15. The third-order valence-electron chi connectivity index (χ3n) is 11.7. The van der Waals surface area contributed by atoms with Gasteiger partial charge in [-0.2, -0.15) is 0 Å². The van der Waals surface area contributed by atoms with Crippen LogP contribution in [0.15, 0.2) is 64.8 Å². The number of aryl methyl sites for hydroxylation is 2. The highest BCUT2D eigenvalue weighted by atomic mass is 32.1. The largest absolute Gasteiger partial charge is 0.483 e. The van der Waals surface area contributed by atoms with Crippen LogP contribution in [0, 0.1) is 13.8 Å². The Balaban J connectivity index is 0.943. The summed E-state index contributed by atoms with van der Waals surface area (Å²) in [4.78, 5) is 55.5. The van der Waals surface area contributed by atoms with Crippen LogP contribution in [0.1, 0.15) is 66.9 Å². The predicted octanol–water partition coefficient (Wildman–Crippen LogP) is 8.36. The Morgan fingerprint density at radius 2 is 1.24 bits per heavy atom. The number of thiazole rings is 3. The van der Waals surface area contributed by atoms with Crippen molar-refractivity contribution in [3.05, 3.63) is 104 Å². The van der Waals surface area contributed by atoms with Gasteiger partial charge in [0.05, 0.1) is 11.4 Å². The quantitative estimate of drug-likeness (QED) is 0.0988. The average Bonchev–Trinajstić information content (AvgIpc) is 4.14. The molecule has 18 heteroatoms. The molecule has 350 valence electrons. The Labute approximate surface area is 401 Å². The number of carbonyl (C=O) groups excluding carboxylic acids is 3. The summed E-state index contributed by atoms with van der Waals surface area (Å²) in [7, 11) is 3.37. The first-order valence-electron chi connectivity index (χ1n) is 21.9. The maximum absolute atomic E-state index is 13.3. The molecule has 3 amide bonds.